The summed E-state index contributed by atoms with van der Waals surface area (Å²) < 4.78 is 13.8. The molecule has 2 rings (SSSR count). The molecular formula is C16H20FN3O. The lowest BCUT2D eigenvalue weighted by Crippen LogP contribution is -2.36. The number of likely N-dealkylation sites (N-methyl/N-ethyl adjacent to an activating group) is 2. The van der Waals surface area contributed by atoms with Gasteiger partial charge in [0.15, 0.2) is 0 Å². The molecule has 0 saturated heterocycles. The van der Waals surface area contributed by atoms with Gasteiger partial charge in [0.1, 0.15) is 5.82 Å². The van der Waals surface area contributed by atoms with Crippen LogP contribution in [0.5, 0.6) is 0 Å². The van der Waals surface area contributed by atoms with Gasteiger partial charge < -0.3 is 4.90 Å². The minimum absolute atomic E-state index is 0.0521. The molecular weight excluding hydrogens is 269 g/mol. The molecule has 1 amide bonds. The molecule has 0 spiro atoms. The van der Waals surface area contributed by atoms with Crippen molar-refractivity contribution in [3.63, 3.8) is 0 Å². The molecule has 0 saturated carbocycles. The van der Waals surface area contributed by atoms with Crippen molar-refractivity contribution in [1.29, 1.82) is 0 Å². The first-order chi connectivity index (χ1) is 10.0. The fourth-order valence-corrected chi connectivity index (χ4v) is 2.18. The number of benzene rings is 1. The second-order valence-corrected chi connectivity index (χ2v) is 5.20. The van der Waals surface area contributed by atoms with Crippen molar-refractivity contribution >= 4 is 16.8 Å². The van der Waals surface area contributed by atoms with Crippen LogP contribution in [0.15, 0.2) is 30.5 Å². The van der Waals surface area contributed by atoms with E-state index < -0.39 is 0 Å². The van der Waals surface area contributed by atoms with E-state index >= 15 is 0 Å². The number of aromatic nitrogens is 1. The minimum atomic E-state index is -0.269. The molecule has 0 fully saturated rings. The van der Waals surface area contributed by atoms with Crippen molar-refractivity contribution in [3.8, 4) is 0 Å². The van der Waals surface area contributed by atoms with Gasteiger partial charge in [-0.05, 0) is 30.3 Å². The van der Waals surface area contributed by atoms with Crippen LogP contribution in [0, 0.1) is 5.82 Å². The lowest BCUT2D eigenvalue weighted by atomic mass is 10.1. The number of pyridine rings is 1. The number of fused-ring (bicyclic) bond motifs is 1. The first-order valence-corrected chi connectivity index (χ1v) is 6.97. The Balaban J connectivity index is 2.26. The molecule has 112 valence electrons. The maximum atomic E-state index is 13.8. The van der Waals surface area contributed by atoms with Gasteiger partial charge >= 0.3 is 0 Å². The minimum Gasteiger partial charge on any atom is -0.348 e. The first kappa shape index (κ1) is 15.4. The first-order valence-electron chi connectivity index (χ1n) is 6.97. The molecule has 0 bridgehead atoms. The Morgan fingerprint density at radius 3 is 2.71 bits per heavy atom. The van der Waals surface area contributed by atoms with Gasteiger partial charge in [0.25, 0.3) is 0 Å². The summed E-state index contributed by atoms with van der Waals surface area (Å²) in [5.41, 5.74) is 1.59. The molecule has 0 atom stereocenters. The van der Waals surface area contributed by atoms with E-state index in [1.807, 2.05) is 11.8 Å². The van der Waals surface area contributed by atoms with Crippen LogP contribution < -0.4 is 0 Å². The quantitative estimate of drug-likeness (QED) is 0.847. The molecule has 2 aromatic rings. The van der Waals surface area contributed by atoms with Crippen LogP contribution >= 0.6 is 0 Å². The maximum absolute atomic E-state index is 13.8. The standard InChI is InChI=1S/C16H20FN3O/c1-4-20(11-15(21)19(2)3)10-12-7-8-14(17)13-6-5-9-18-16(12)13/h5-9H,4,10-11H2,1-3H3. The highest BCUT2D eigenvalue weighted by molar-refractivity contribution is 5.82. The lowest BCUT2D eigenvalue weighted by molar-refractivity contribution is -0.130. The van der Waals surface area contributed by atoms with Crippen LogP contribution in [0.25, 0.3) is 10.9 Å². The topological polar surface area (TPSA) is 36.4 Å². The second kappa shape index (κ2) is 6.63. The third-order valence-corrected chi connectivity index (χ3v) is 3.50. The molecule has 5 heteroatoms. The second-order valence-electron chi connectivity index (χ2n) is 5.20. The molecule has 1 aromatic carbocycles. The highest BCUT2D eigenvalue weighted by Gasteiger charge is 2.14. The van der Waals surface area contributed by atoms with Crippen LogP contribution in [0.2, 0.25) is 0 Å². The van der Waals surface area contributed by atoms with Crippen LogP contribution in [0.1, 0.15) is 12.5 Å². The van der Waals surface area contributed by atoms with E-state index in [-0.39, 0.29) is 11.7 Å². The zero-order valence-electron chi connectivity index (χ0n) is 12.6. The predicted molar refractivity (Wildman–Crippen MR) is 81.3 cm³/mol. The van der Waals surface area contributed by atoms with E-state index in [0.29, 0.717) is 24.0 Å². The zero-order valence-corrected chi connectivity index (χ0v) is 12.6. The number of hydrogen-bond donors (Lipinski definition) is 0. The van der Waals surface area contributed by atoms with E-state index in [0.717, 1.165) is 12.1 Å². The third-order valence-electron chi connectivity index (χ3n) is 3.50. The van der Waals surface area contributed by atoms with Crippen molar-refractivity contribution < 1.29 is 9.18 Å². The van der Waals surface area contributed by atoms with E-state index in [2.05, 4.69) is 4.98 Å². The van der Waals surface area contributed by atoms with Crippen molar-refractivity contribution in [2.24, 2.45) is 0 Å². The number of carbonyl (C=O) groups is 1. The fraction of sp³-hybridized carbons (Fsp3) is 0.375. The molecule has 21 heavy (non-hydrogen) atoms. The van der Waals surface area contributed by atoms with Crippen molar-refractivity contribution in [1.82, 2.24) is 14.8 Å². The molecule has 0 aliphatic rings. The Morgan fingerprint density at radius 1 is 1.29 bits per heavy atom. The third kappa shape index (κ3) is 3.55. The summed E-state index contributed by atoms with van der Waals surface area (Å²) in [4.78, 5) is 19.7. The SMILES string of the molecule is CCN(CC(=O)N(C)C)Cc1ccc(F)c2cccnc12. The van der Waals surface area contributed by atoms with Gasteiger partial charge in [0.05, 0.1) is 12.1 Å². The summed E-state index contributed by atoms with van der Waals surface area (Å²) in [5.74, 6) is -0.217. The Kier molecular flexibility index (Phi) is 4.85. The monoisotopic (exact) mass is 289 g/mol. The summed E-state index contributed by atoms with van der Waals surface area (Å²) >= 11 is 0. The maximum Gasteiger partial charge on any atom is 0.236 e. The fourth-order valence-electron chi connectivity index (χ4n) is 2.18. The van der Waals surface area contributed by atoms with Gasteiger partial charge in [-0.25, -0.2) is 4.39 Å². The smallest absolute Gasteiger partial charge is 0.236 e. The number of nitrogens with zero attached hydrogens (tertiary/aromatic N) is 3. The van der Waals surface area contributed by atoms with Crippen LogP contribution in [0.4, 0.5) is 4.39 Å². The van der Waals surface area contributed by atoms with Crippen LogP contribution in [-0.2, 0) is 11.3 Å². The highest BCUT2D eigenvalue weighted by Crippen LogP contribution is 2.20. The van der Waals surface area contributed by atoms with E-state index in [9.17, 15) is 9.18 Å². The van der Waals surface area contributed by atoms with Gasteiger partial charge in [-0.2, -0.15) is 0 Å². The van der Waals surface area contributed by atoms with Crippen molar-refractivity contribution in [2.75, 3.05) is 27.2 Å². The molecule has 1 aromatic heterocycles. The summed E-state index contributed by atoms with van der Waals surface area (Å²) in [6.07, 6.45) is 1.66. The van der Waals surface area contributed by atoms with Crippen molar-refractivity contribution in [2.45, 2.75) is 13.5 Å². The summed E-state index contributed by atoms with van der Waals surface area (Å²) in [6, 6.07) is 6.65. The molecule has 1 heterocycles. The van der Waals surface area contributed by atoms with Gasteiger partial charge in [-0.1, -0.05) is 13.0 Å². The van der Waals surface area contributed by atoms with Gasteiger partial charge in [0.2, 0.25) is 5.91 Å². The van der Waals surface area contributed by atoms with E-state index in [1.54, 1.807) is 43.4 Å². The predicted octanol–water partition coefficient (Wildman–Crippen LogP) is 2.28. The molecule has 0 N–H and O–H groups in total. The van der Waals surface area contributed by atoms with Gasteiger partial charge in [-0.3, -0.25) is 14.7 Å². The molecule has 0 aliphatic carbocycles. The largest absolute Gasteiger partial charge is 0.348 e. The van der Waals surface area contributed by atoms with Crippen LogP contribution in [0.3, 0.4) is 0 Å². The normalized spacial score (nSPS) is 11.1. The summed E-state index contributed by atoms with van der Waals surface area (Å²) in [5, 5.41) is 0.519. The van der Waals surface area contributed by atoms with Gasteiger partial charge in [0, 0.05) is 32.2 Å². The van der Waals surface area contributed by atoms with E-state index in [1.165, 1.54) is 6.07 Å². The Bertz CT molecular complexity index is 642. The van der Waals surface area contributed by atoms with Gasteiger partial charge in [-0.15, -0.1) is 0 Å². The zero-order chi connectivity index (χ0) is 15.4. The lowest BCUT2D eigenvalue weighted by Gasteiger charge is -2.22. The van der Waals surface area contributed by atoms with Crippen LogP contribution in [-0.4, -0.2) is 47.9 Å². The average Bonchev–Trinajstić information content (AvgIpc) is 2.49. The number of carbonyl (C=O) groups excluding carboxylic acids is 1. The Labute approximate surface area is 124 Å². The number of halogens is 1. The number of rotatable bonds is 5. The number of hydrogen-bond acceptors (Lipinski definition) is 3. The Morgan fingerprint density at radius 2 is 2.05 bits per heavy atom. The highest BCUT2D eigenvalue weighted by atomic mass is 19.1. The summed E-state index contributed by atoms with van der Waals surface area (Å²) in [6.45, 7) is 3.66. The molecule has 0 unspecified atom stereocenters. The average molecular weight is 289 g/mol. The van der Waals surface area contributed by atoms with E-state index in [4.69, 9.17) is 0 Å². The summed E-state index contributed by atoms with van der Waals surface area (Å²) in [7, 11) is 3.48. The van der Waals surface area contributed by atoms with Crippen molar-refractivity contribution in [3.05, 3.63) is 41.8 Å². The molecule has 4 nitrogen and oxygen atoms in total. The number of amides is 1. The Hall–Kier alpha value is -2.01. The molecule has 0 radical (unpaired) electrons. The molecule has 0 aliphatic heterocycles.